The van der Waals surface area contributed by atoms with Crippen LogP contribution < -0.4 is 10.2 Å². The third-order valence-electron chi connectivity index (χ3n) is 7.03. The summed E-state index contributed by atoms with van der Waals surface area (Å²) in [7, 11) is 0. The van der Waals surface area contributed by atoms with E-state index in [1.165, 1.54) is 0 Å². The second kappa shape index (κ2) is 11.1. The Morgan fingerprint density at radius 3 is 2.80 bits per heavy atom. The van der Waals surface area contributed by atoms with Gasteiger partial charge in [0.2, 0.25) is 5.95 Å². The summed E-state index contributed by atoms with van der Waals surface area (Å²) >= 11 is 0. The minimum absolute atomic E-state index is 0.110. The molecule has 0 aliphatic carbocycles. The van der Waals surface area contributed by atoms with Crippen molar-refractivity contribution in [2.24, 2.45) is 0 Å². The monoisotopic (exact) mass is 537 g/mol. The van der Waals surface area contributed by atoms with Crippen LogP contribution in [0.15, 0.2) is 54.7 Å². The Morgan fingerprint density at radius 2 is 1.98 bits per heavy atom. The van der Waals surface area contributed by atoms with Crippen LogP contribution in [0.4, 0.5) is 11.8 Å². The molecule has 1 aromatic carbocycles. The zero-order valence-corrected chi connectivity index (χ0v) is 21.6. The lowest BCUT2D eigenvalue weighted by molar-refractivity contribution is -0.138. The first kappa shape index (κ1) is 25.4. The molecule has 3 aromatic heterocycles. The first-order chi connectivity index (χ1) is 19.6. The van der Waals surface area contributed by atoms with Crippen LogP contribution in [-0.2, 0) is 16.1 Å². The standard InChI is InChI=1S/C28H27N9O3/c29-14-18-4-1-5-19(12-18)22-13-23(33-28(32-22)31-21-9-11-40-17-21)24-16-36(35-34-24)15-20-6-2-8-26(30-20)37-10-3-7-25(37)27(38)39/h1-2,4-6,8,12-13,16,21,25H,3,7,9-11,15,17H2,(H,38,39)(H,31,32,33)/t21-,25+/m1/s1. The Kier molecular flexibility index (Phi) is 7.03. The fraction of sp³-hybridized carbons (Fsp3) is 0.321. The van der Waals surface area contributed by atoms with Gasteiger partial charge in [-0.3, -0.25) is 0 Å². The zero-order valence-electron chi connectivity index (χ0n) is 21.6. The molecule has 2 aliphatic rings. The van der Waals surface area contributed by atoms with E-state index < -0.39 is 12.0 Å². The van der Waals surface area contributed by atoms with Crippen LogP contribution in [0.5, 0.6) is 0 Å². The largest absolute Gasteiger partial charge is 0.480 e. The van der Waals surface area contributed by atoms with Gasteiger partial charge in [0.1, 0.15) is 17.6 Å². The highest BCUT2D eigenvalue weighted by Gasteiger charge is 2.31. The second-order valence-corrected chi connectivity index (χ2v) is 9.84. The quantitative estimate of drug-likeness (QED) is 0.341. The molecule has 0 bridgehead atoms. The van der Waals surface area contributed by atoms with Gasteiger partial charge in [0.05, 0.1) is 54.1 Å². The van der Waals surface area contributed by atoms with Crippen molar-refractivity contribution in [1.82, 2.24) is 29.9 Å². The summed E-state index contributed by atoms with van der Waals surface area (Å²) in [5.41, 5.74) is 3.89. The molecule has 2 N–H and O–H groups in total. The van der Waals surface area contributed by atoms with Crippen LogP contribution in [0.2, 0.25) is 0 Å². The van der Waals surface area contributed by atoms with E-state index in [1.807, 2.05) is 41.3 Å². The van der Waals surface area contributed by atoms with Gasteiger partial charge in [-0.1, -0.05) is 23.4 Å². The van der Waals surface area contributed by atoms with Crippen LogP contribution in [0.3, 0.4) is 0 Å². The number of anilines is 2. The Bertz CT molecular complexity index is 1580. The number of aliphatic carboxylic acids is 1. The van der Waals surface area contributed by atoms with Crippen molar-refractivity contribution >= 4 is 17.7 Å². The number of carboxylic acids is 1. The molecule has 0 unspecified atom stereocenters. The normalized spacial score (nSPS) is 18.5. The van der Waals surface area contributed by atoms with Crippen LogP contribution in [0.1, 0.15) is 30.5 Å². The predicted octanol–water partition coefficient (Wildman–Crippen LogP) is 2.97. The van der Waals surface area contributed by atoms with Crippen LogP contribution in [0, 0.1) is 11.3 Å². The van der Waals surface area contributed by atoms with Crippen molar-refractivity contribution in [3.05, 3.63) is 66.0 Å². The summed E-state index contributed by atoms with van der Waals surface area (Å²) in [4.78, 5) is 27.6. The molecule has 40 heavy (non-hydrogen) atoms. The minimum atomic E-state index is -0.830. The lowest BCUT2D eigenvalue weighted by Gasteiger charge is -2.22. The summed E-state index contributed by atoms with van der Waals surface area (Å²) in [5, 5.41) is 30.9. The first-order valence-corrected chi connectivity index (χ1v) is 13.2. The van der Waals surface area contributed by atoms with Gasteiger partial charge < -0.3 is 20.1 Å². The first-order valence-electron chi connectivity index (χ1n) is 13.2. The van der Waals surface area contributed by atoms with Crippen molar-refractivity contribution < 1.29 is 14.6 Å². The van der Waals surface area contributed by atoms with Crippen molar-refractivity contribution in [1.29, 1.82) is 5.26 Å². The molecule has 2 atom stereocenters. The molecule has 0 amide bonds. The summed E-state index contributed by atoms with van der Waals surface area (Å²) in [6.45, 7) is 2.29. The molecule has 4 aromatic rings. The molecule has 12 nitrogen and oxygen atoms in total. The van der Waals surface area contributed by atoms with Gasteiger partial charge in [-0.25, -0.2) is 24.4 Å². The van der Waals surface area contributed by atoms with E-state index in [9.17, 15) is 15.2 Å². The predicted molar refractivity (Wildman–Crippen MR) is 145 cm³/mol. The molecule has 2 aliphatic heterocycles. The molecular weight excluding hydrogens is 510 g/mol. The van der Waals surface area contributed by atoms with Crippen LogP contribution in [-0.4, -0.2) is 72.9 Å². The zero-order chi connectivity index (χ0) is 27.5. The molecule has 12 heteroatoms. The topological polar surface area (TPSA) is 155 Å². The number of rotatable bonds is 8. The van der Waals surface area contributed by atoms with Crippen molar-refractivity contribution in [3.63, 3.8) is 0 Å². The van der Waals surface area contributed by atoms with Gasteiger partial charge in [-0.2, -0.15) is 5.26 Å². The van der Waals surface area contributed by atoms with Crippen LogP contribution in [0.25, 0.3) is 22.6 Å². The molecular formula is C28H27N9O3. The number of carbonyl (C=O) groups is 1. The number of pyridine rings is 1. The highest BCUT2D eigenvalue weighted by molar-refractivity contribution is 5.78. The molecule has 0 radical (unpaired) electrons. The molecule has 2 fully saturated rings. The van der Waals surface area contributed by atoms with Crippen molar-refractivity contribution in [2.45, 2.75) is 37.9 Å². The fourth-order valence-electron chi connectivity index (χ4n) is 5.04. The van der Waals surface area contributed by atoms with E-state index in [2.05, 4.69) is 21.7 Å². The van der Waals surface area contributed by atoms with Gasteiger partial charge in [0.25, 0.3) is 0 Å². The number of benzene rings is 1. The molecule has 2 saturated heterocycles. The molecule has 5 heterocycles. The maximum absolute atomic E-state index is 11.6. The summed E-state index contributed by atoms with van der Waals surface area (Å²) in [6, 6.07) is 16.4. The Balaban J connectivity index is 1.27. The number of nitriles is 1. The highest BCUT2D eigenvalue weighted by atomic mass is 16.5. The van der Waals surface area contributed by atoms with Gasteiger partial charge in [-0.15, -0.1) is 5.10 Å². The number of ether oxygens (including phenoxy) is 1. The van der Waals surface area contributed by atoms with Gasteiger partial charge in [0, 0.05) is 18.7 Å². The molecule has 202 valence electrons. The summed E-state index contributed by atoms with van der Waals surface area (Å²) in [5.74, 6) is 0.269. The van der Waals surface area contributed by atoms with E-state index in [4.69, 9.17) is 19.7 Å². The number of hydrogen-bond donors (Lipinski definition) is 2. The van der Waals surface area contributed by atoms with Gasteiger partial charge >= 0.3 is 5.97 Å². The van der Waals surface area contributed by atoms with Crippen LogP contribution >= 0.6 is 0 Å². The number of carboxylic acid groups (broad SMARTS) is 1. The van der Waals surface area contributed by atoms with Crippen molar-refractivity contribution in [3.8, 4) is 28.7 Å². The van der Waals surface area contributed by atoms with E-state index in [0.29, 0.717) is 67.1 Å². The van der Waals surface area contributed by atoms with Gasteiger partial charge in [-0.05, 0) is 49.6 Å². The smallest absolute Gasteiger partial charge is 0.326 e. The Labute approximate surface area is 230 Å². The Morgan fingerprint density at radius 1 is 1.10 bits per heavy atom. The summed E-state index contributed by atoms with van der Waals surface area (Å²) in [6.07, 6.45) is 4.09. The van der Waals surface area contributed by atoms with Crippen molar-refractivity contribution in [2.75, 3.05) is 30.0 Å². The number of aromatic nitrogens is 6. The van der Waals surface area contributed by atoms with E-state index in [1.54, 1.807) is 23.0 Å². The fourth-order valence-corrected chi connectivity index (χ4v) is 5.04. The lowest BCUT2D eigenvalue weighted by atomic mass is 10.1. The van der Waals surface area contributed by atoms with E-state index >= 15 is 0 Å². The maximum Gasteiger partial charge on any atom is 0.326 e. The average molecular weight is 538 g/mol. The van der Waals surface area contributed by atoms with E-state index in [0.717, 1.165) is 24.1 Å². The minimum Gasteiger partial charge on any atom is -0.480 e. The summed E-state index contributed by atoms with van der Waals surface area (Å²) < 4.78 is 7.17. The Hall–Kier alpha value is -4.89. The highest BCUT2D eigenvalue weighted by Crippen LogP contribution is 2.27. The third kappa shape index (κ3) is 5.45. The maximum atomic E-state index is 11.6. The molecule has 0 spiro atoms. The second-order valence-electron chi connectivity index (χ2n) is 9.84. The third-order valence-corrected chi connectivity index (χ3v) is 7.03. The lowest BCUT2D eigenvalue weighted by Crippen LogP contribution is -2.36. The van der Waals surface area contributed by atoms with Gasteiger partial charge in [0.15, 0.2) is 0 Å². The number of nitrogens with zero attached hydrogens (tertiary/aromatic N) is 8. The molecule has 0 saturated carbocycles. The number of nitrogens with one attached hydrogen (secondary N) is 1. The number of hydrogen-bond acceptors (Lipinski definition) is 10. The average Bonchev–Trinajstić information content (AvgIpc) is 3.76. The SMILES string of the molecule is N#Cc1cccc(-c2cc(-c3cn(Cc4cccc(N5CCC[C@H]5C(=O)O)n4)nn3)nc(N[C@@H]3CCOC3)n2)c1. The molecule has 6 rings (SSSR count). The van der Waals surface area contributed by atoms with E-state index in [-0.39, 0.29) is 6.04 Å².